The van der Waals surface area contributed by atoms with E-state index in [2.05, 4.69) is 13.8 Å². The second-order valence-corrected chi connectivity index (χ2v) is 10.4. The van der Waals surface area contributed by atoms with Gasteiger partial charge in [-0.1, -0.05) is 13.8 Å². The standard InChI is InChI=1S/C23H34O5/c1-22-11-9-15(28-21(27)8-7-20(25)26)13-14(22)3-4-16-17-5-6-19(24)23(17,2)12-10-18(16)22/h14-18H,3-13H2,1-2H3,(H,25,26)/t14-,15+,16-,17+,18-,22-,23-/m0/s1. The summed E-state index contributed by atoms with van der Waals surface area (Å²) in [5, 5.41) is 8.74. The second kappa shape index (κ2) is 7.14. The monoisotopic (exact) mass is 390 g/mol. The lowest BCUT2D eigenvalue weighted by atomic mass is 9.45. The maximum atomic E-state index is 12.5. The van der Waals surface area contributed by atoms with Crippen LogP contribution in [0.1, 0.15) is 84.5 Å². The maximum absolute atomic E-state index is 12.5. The molecule has 1 N–H and O–H groups in total. The van der Waals surface area contributed by atoms with Crippen molar-refractivity contribution in [3.63, 3.8) is 0 Å². The van der Waals surface area contributed by atoms with Crippen molar-refractivity contribution in [1.29, 1.82) is 0 Å². The number of rotatable bonds is 4. The van der Waals surface area contributed by atoms with Crippen molar-refractivity contribution in [3.8, 4) is 0 Å². The Balaban J connectivity index is 1.41. The van der Waals surface area contributed by atoms with Gasteiger partial charge in [0.25, 0.3) is 0 Å². The van der Waals surface area contributed by atoms with Crippen molar-refractivity contribution in [2.45, 2.75) is 90.6 Å². The number of fused-ring (bicyclic) bond motifs is 5. The molecule has 0 aliphatic heterocycles. The molecule has 0 bridgehead atoms. The number of hydrogen-bond acceptors (Lipinski definition) is 4. The molecule has 0 heterocycles. The molecule has 4 fully saturated rings. The quantitative estimate of drug-likeness (QED) is 0.721. The van der Waals surface area contributed by atoms with Crippen molar-refractivity contribution in [3.05, 3.63) is 0 Å². The van der Waals surface area contributed by atoms with Crippen LogP contribution in [0.3, 0.4) is 0 Å². The number of carboxylic acid groups (broad SMARTS) is 1. The third-order valence-electron chi connectivity index (χ3n) is 9.17. The average molecular weight is 391 g/mol. The minimum absolute atomic E-state index is 0.0350. The molecule has 4 aliphatic rings. The number of esters is 1. The summed E-state index contributed by atoms with van der Waals surface area (Å²) in [7, 11) is 0. The predicted molar refractivity (Wildman–Crippen MR) is 103 cm³/mol. The third-order valence-corrected chi connectivity index (χ3v) is 9.17. The molecule has 0 radical (unpaired) electrons. The molecular formula is C23H34O5. The van der Waals surface area contributed by atoms with Gasteiger partial charge < -0.3 is 9.84 Å². The van der Waals surface area contributed by atoms with Gasteiger partial charge in [0.1, 0.15) is 11.9 Å². The van der Waals surface area contributed by atoms with E-state index >= 15 is 0 Å². The summed E-state index contributed by atoms with van der Waals surface area (Å²) in [6.45, 7) is 4.68. The zero-order valence-electron chi connectivity index (χ0n) is 17.2. The maximum Gasteiger partial charge on any atom is 0.306 e. The number of carbonyl (C=O) groups is 3. The van der Waals surface area contributed by atoms with Gasteiger partial charge in [0.05, 0.1) is 12.8 Å². The SMILES string of the molecule is C[C@]12CC[C@@H](OC(=O)CCC(=O)O)C[C@@H]1CC[C@H]1[C@H]3CCC(=O)[C@@]3(C)CC[C@@H]12. The van der Waals surface area contributed by atoms with Gasteiger partial charge in [-0.25, -0.2) is 0 Å². The fourth-order valence-corrected chi connectivity index (χ4v) is 7.55. The molecule has 4 aliphatic carbocycles. The largest absolute Gasteiger partial charge is 0.481 e. The van der Waals surface area contributed by atoms with Crippen molar-refractivity contribution in [1.82, 2.24) is 0 Å². The molecule has 0 aromatic rings. The molecule has 0 aromatic heterocycles. The summed E-state index contributed by atoms with van der Waals surface area (Å²) in [6, 6.07) is 0. The molecule has 7 atom stereocenters. The Hall–Kier alpha value is -1.39. The molecule has 0 saturated heterocycles. The number of hydrogen-bond donors (Lipinski definition) is 1. The van der Waals surface area contributed by atoms with Crippen LogP contribution in [0.4, 0.5) is 0 Å². The highest BCUT2D eigenvalue weighted by molar-refractivity contribution is 5.87. The highest BCUT2D eigenvalue weighted by atomic mass is 16.5. The van der Waals surface area contributed by atoms with Gasteiger partial charge in [-0.2, -0.15) is 0 Å². The highest BCUT2D eigenvalue weighted by Crippen LogP contribution is 2.65. The average Bonchev–Trinajstić information content (AvgIpc) is 2.95. The molecule has 0 amide bonds. The Bertz CT molecular complexity index is 672. The Morgan fingerprint density at radius 2 is 1.82 bits per heavy atom. The van der Waals surface area contributed by atoms with Crippen LogP contribution in [-0.2, 0) is 19.1 Å². The highest BCUT2D eigenvalue weighted by Gasteiger charge is 2.60. The minimum Gasteiger partial charge on any atom is -0.481 e. The van der Waals surface area contributed by atoms with E-state index in [1.165, 1.54) is 19.3 Å². The van der Waals surface area contributed by atoms with Crippen LogP contribution in [0.25, 0.3) is 0 Å². The summed E-state index contributed by atoms with van der Waals surface area (Å²) in [4.78, 5) is 35.1. The van der Waals surface area contributed by atoms with E-state index in [9.17, 15) is 14.4 Å². The van der Waals surface area contributed by atoms with Crippen LogP contribution in [0.2, 0.25) is 0 Å². The molecule has 4 rings (SSSR count). The predicted octanol–water partition coefficient (Wildman–Crippen LogP) is 4.37. The van der Waals surface area contributed by atoms with Gasteiger partial charge in [0.15, 0.2) is 0 Å². The summed E-state index contributed by atoms with van der Waals surface area (Å²) in [5.74, 6) is 1.69. The van der Waals surface area contributed by atoms with Gasteiger partial charge in [-0.05, 0) is 80.5 Å². The van der Waals surface area contributed by atoms with Crippen LogP contribution < -0.4 is 0 Å². The number of Topliss-reactive ketones (excluding diaryl/α,β-unsaturated/α-hetero) is 1. The smallest absolute Gasteiger partial charge is 0.306 e. The first-order valence-corrected chi connectivity index (χ1v) is 11.2. The lowest BCUT2D eigenvalue weighted by Crippen LogP contribution is -2.54. The molecule has 5 heteroatoms. The molecular weight excluding hydrogens is 356 g/mol. The molecule has 28 heavy (non-hydrogen) atoms. The Morgan fingerprint density at radius 3 is 2.57 bits per heavy atom. The molecule has 4 saturated carbocycles. The normalized spacial score (nSPS) is 44.9. The molecule has 0 unspecified atom stereocenters. The van der Waals surface area contributed by atoms with Gasteiger partial charge in [0, 0.05) is 11.8 Å². The Labute approximate surface area is 167 Å². The summed E-state index contributed by atoms with van der Waals surface area (Å²) in [5.41, 5.74) is 0.223. The second-order valence-electron chi connectivity index (χ2n) is 10.4. The Kier molecular flexibility index (Phi) is 5.08. The summed E-state index contributed by atoms with van der Waals surface area (Å²) < 4.78 is 5.62. The summed E-state index contributed by atoms with van der Waals surface area (Å²) >= 11 is 0. The zero-order chi connectivity index (χ0) is 20.1. The first-order valence-electron chi connectivity index (χ1n) is 11.2. The van der Waals surface area contributed by atoms with E-state index in [0.717, 1.165) is 38.5 Å². The number of carboxylic acids is 1. The molecule has 0 spiro atoms. The van der Waals surface area contributed by atoms with E-state index < -0.39 is 5.97 Å². The van der Waals surface area contributed by atoms with Crippen molar-refractivity contribution >= 4 is 17.7 Å². The first-order chi connectivity index (χ1) is 13.2. The van der Waals surface area contributed by atoms with Crippen LogP contribution in [-0.4, -0.2) is 28.9 Å². The number of ketones is 1. The van der Waals surface area contributed by atoms with Gasteiger partial charge in [0.2, 0.25) is 0 Å². The Morgan fingerprint density at radius 1 is 1.04 bits per heavy atom. The topological polar surface area (TPSA) is 80.7 Å². The molecule has 5 nitrogen and oxygen atoms in total. The van der Waals surface area contributed by atoms with Crippen molar-refractivity contribution < 1.29 is 24.2 Å². The van der Waals surface area contributed by atoms with Gasteiger partial charge in [-0.3, -0.25) is 14.4 Å². The van der Waals surface area contributed by atoms with E-state index in [0.29, 0.717) is 34.9 Å². The van der Waals surface area contributed by atoms with Crippen LogP contribution >= 0.6 is 0 Å². The van der Waals surface area contributed by atoms with Crippen LogP contribution in [0.5, 0.6) is 0 Å². The van der Waals surface area contributed by atoms with E-state index in [1.807, 2.05) is 0 Å². The lowest BCUT2D eigenvalue weighted by Gasteiger charge is -2.60. The zero-order valence-corrected chi connectivity index (χ0v) is 17.2. The number of carbonyl (C=O) groups excluding carboxylic acids is 2. The molecule has 0 aromatic carbocycles. The first kappa shape index (κ1) is 19.9. The van der Waals surface area contributed by atoms with E-state index in [4.69, 9.17) is 9.84 Å². The van der Waals surface area contributed by atoms with Crippen LogP contribution in [0.15, 0.2) is 0 Å². The van der Waals surface area contributed by atoms with E-state index in [1.54, 1.807) is 0 Å². The third kappa shape index (κ3) is 3.19. The number of ether oxygens (including phenoxy) is 1. The lowest BCUT2D eigenvalue weighted by molar-refractivity contribution is -0.163. The fraction of sp³-hybridized carbons (Fsp3) is 0.870. The number of aliphatic carboxylic acids is 1. The van der Waals surface area contributed by atoms with Crippen molar-refractivity contribution in [2.24, 2.45) is 34.5 Å². The summed E-state index contributed by atoms with van der Waals surface area (Å²) in [6.07, 6.45) is 9.08. The van der Waals surface area contributed by atoms with Gasteiger partial charge >= 0.3 is 11.9 Å². The molecule has 156 valence electrons. The van der Waals surface area contributed by atoms with Crippen LogP contribution in [0, 0.1) is 34.5 Å². The fourth-order valence-electron chi connectivity index (χ4n) is 7.55. The van der Waals surface area contributed by atoms with E-state index in [-0.39, 0.29) is 30.3 Å². The minimum atomic E-state index is -0.957. The van der Waals surface area contributed by atoms with Gasteiger partial charge in [-0.15, -0.1) is 0 Å². The van der Waals surface area contributed by atoms with Crippen molar-refractivity contribution in [2.75, 3.05) is 0 Å².